The summed E-state index contributed by atoms with van der Waals surface area (Å²) in [6, 6.07) is 0. The van der Waals surface area contributed by atoms with Crippen LogP contribution in [0.2, 0.25) is 0 Å². The molecule has 2 heteroatoms. The van der Waals surface area contributed by atoms with Crippen LogP contribution < -0.4 is 0 Å². The Labute approximate surface area is 82.6 Å². The van der Waals surface area contributed by atoms with Crippen LogP contribution in [0, 0.1) is 6.92 Å². The van der Waals surface area contributed by atoms with E-state index < -0.39 is 5.79 Å². The lowest BCUT2D eigenvalue weighted by molar-refractivity contribution is -0.235. The lowest BCUT2D eigenvalue weighted by Gasteiger charge is -2.32. The molecule has 0 aliphatic rings. The molecule has 0 unspecified atom stereocenters. The van der Waals surface area contributed by atoms with Gasteiger partial charge in [0.15, 0.2) is 5.79 Å². The van der Waals surface area contributed by atoms with Gasteiger partial charge in [-0.05, 0) is 27.2 Å². The minimum atomic E-state index is -0.417. The molecule has 0 saturated carbocycles. The van der Waals surface area contributed by atoms with Crippen molar-refractivity contribution in [3.8, 4) is 0 Å². The van der Waals surface area contributed by atoms with Crippen LogP contribution >= 0.6 is 0 Å². The third kappa shape index (κ3) is 4.63. The van der Waals surface area contributed by atoms with Crippen molar-refractivity contribution in [1.82, 2.24) is 0 Å². The highest BCUT2D eigenvalue weighted by atomic mass is 16.7. The van der Waals surface area contributed by atoms with Crippen LogP contribution in [0.15, 0.2) is 0 Å². The lowest BCUT2D eigenvalue weighted by atomic mass is 10.1. The molecule has 79 valence electrons. The van der Waals surface area contributed by atoms with E-state index in [0.717, 1.165) is 12.8 Å². The monoisotopic (exact) mass is 187 g/mol. The smallest absolute Gasteiger partial charge is 0.168 e. The van der Waals surface area contributed by atoms with Crippen molar-refractivity contribution in [2.24, 2.45) is 0 Å². The van der Waals surface area contributed by atoms with Gasteiger partial charge in [-0.2, -0.15) is 0 Å². The first-order chi connectivity index (χ1) is 6.24. The Balaban J connectivity index is 4.07. The van der Waals surface area contributed by atoms with E-state index in [1.54, 1.807) is 0 Å². The first kappa shape index (κ1) is 12.9. The maximum absolute atomic E-state index is 5.64. The average Bonchev–Trinajstić information content (AvgIpc) is 2.15. The van der Waals surface area contributed by atoms with Gasteiger partial charge in [-0.25, -0.2) is 0 Å². The van der Waals surface area contributed by atoms with Crippen LogP contribution in [0.5, 0.6) is 0 Å². The predicted molar refractivity (Wildman–Crippen MR) is 55.5 cm³/mol. The molecule has 2 nitrogen and oxygen atoms in total. The second-order valence-corrected chi connectivity index (χ2v) is 3.13. The van der Waals surface area contributed by atoms with Gasteiger partial charge < -0.3 is 9.47 Å². The van der Waals surface area contributed by atoms with Crippen LogP contribution in [-0.2, 0) is 9.47 Å². The summed E-state index contributed by atoms with van der Waals surface area (Å²) in [5.41, 5.74) is 0. The molecule has 13 heavy (non-hydrogen) atoms. The third-order valence-corrected chi connectivity index (χ3v) is 2.11. The Hall–Kier alpha value is -0.0800. The van der Waals surface area contributed by atoms with Crippen LogP contribution in [0.3, 0.4) is 0 Å². The summed E-state index contributed by atoms with van der Waals surface area (Å²) in [6.45, 7) is 11.4. The maximum Gasteiger partial charge on any atom is 0.168 e. The van der Waals surface area contributed by atoms with Crippen LogP contribution in [0.25, 0.3) is 0 Å². The highest BCUT2D eigenvalue weighted by Gasteiger charge is 2.27. The average molecular weight is 187 g/mol. The molecule has 0 aromatic carbocycles. The minimum absolute atomic E-state index is 0.417. The molecular formula is C11H23O2. The molecule has 0 saturated heterocycles. The van der Waals surface area contributed by atoms with Crippen LogP contribution in [0.4, 0.5) is 0 Å². The van der Waals surface area contributed by atoms with E-state index in [-0.39, 0.29) is 0 Å². The minimum Gasteiger partial charge on any atom is -0.350 e. The second kappa shape index (κ2) is 7.34. The topological polar surface area (TPSA) is 18.5 Å². The molecule has 0 aromatic heterocycles. The van der Waals surface area contributed by atoms with E-state index >= 15 is 0 Å². The predicted octanol–water partition coefficient (Wildman–Crippen LogP) is 3.17. The molecule has 0 aliphatic heterocycles. The fourth-order valence-corrected chi connectivity index (χ4v) is 1.43. The molecule has 0 N–H and O–H groups in total. The zero-order valence-electron chi connectivity index (χ0n) is 9.27. The zero-order valence-corrected chi connectivity index (χ0v) is 9.27. The van der Waals surface area contributed by atoms with E-state index in [9.17, 15) is 0 Å². The van der Waals surface area contributed by atoms with Gasteiger partial charge >= 0.3 is 0 Å². The van der Waals surface area contributed by atoms with E-state index in [1.807, 2.05) is 13.8 Å². The Bertz CT molecular complexity index is 107. The van der Waals surface area contributed by atoms with E-state index in [2.05, 4.69) is 13.8 Å². The summed E-state index contributed by atoms with van der Waals surface area (Å²) in [7, 11) is 0. The number of hydrogen-bond acceptors (Lipinski definition) is 2. The Morgan fingerprint density at radius 3 is 1.92 bits per heavy atom. The van der Waals surface area contributed by atoms with Gasteiger partial charge in [-0.1, -0.05) is 13.3 Å². The van der Waals surface area contributed by atoms with Gasteiger partial charge in [0.2, 0.25) is 0 Å². The van der Waals surface area contributed by atoms with Gasteiger partial charge in [0.05, 0.1) is 0 Å². The molecule has 0 rings (SSSR count). The van der Waals surface area contributed by atoms with Crippen molar-refractivity contribution < 1.29 is 9.47 Å². The molecule has 0 amide bonds. The number of rotatable bonds is 8. The highest BCUT2D eigenvalue weighted by molar-refractivity contribution is 4.71. The summed E-state index contributed by atoms with van der Waals surface area (Å²) in [5, 5.41) is 0. The summed E-state index contributed by atoms with van der Waals surface area (Å²) >= 11 is 0. The standard InChI is InChI=1S/C11H23O2/c1-5-9-10-11(6-2,12-7-3)13-8-4/h2,5-10H2,1,3-4H3. The number of ether oxygens (including phenoxy) is 2. The molecule has 0 spiro atoms. The maximum atomic E-state index is 5.64. The fraction of sp³-hybridized carbons (Fsp3) is 0.909. The van der Waals surface area contributed by atoms with E-state index in [0.29, 0.717) is 19.6 Å². The van der Waals surface area contributed by atoms with Gasteiger partial charge in [0.1, 0.15) is 0 Å². The Kier molecular flexibility index (Phi) is 7.29. The Morgan fingerprint density at radius 1 is 1.08 bits per heavy atom. The molecule has 0 aromatic rings. The van der Waals surface area contributed by atoms with Crippen LogP contribution in [-0.4, -0.2) is 19.0 Å². The van der Waals surface area contributed by atoms with Crippen molar-refractivity contribution in [3.05, 3.63) is 6.92 Å². The lowest BCUT2D eigenvalue weighted by Crippen LogP contribution is -2.35. The van der Waals surface area contributed by atoms with Gasteiger partial charge in [0.25, 0.3) is 0 Å². The fourth-order valence-electron chi connectivity index (χ4n) is 1.43. The van der Waals surface area contributed by atoms with Crippen molar-refractivity contribution in [1.29, 1.82) is 0 Å². The van der Waals surface area contributed by atoms with Crippen molar-refractivity contribution in [2.75, 3.05) is 13.2 Å². The van der Waals surface area contributed by atoms with Crippen LogP contribution in [0.1, 0.15) is 46.5 Å². The highest BCUT2D eigenvalue weighted by Crippen LogP contribution is 2.24. The summed E-state index contributed by atoms with van der Waals surface area (Å²) in [6.07, 6.45) is 3.95. The zero-order chi connectivity index (χ0) is 10.2. The molecule has 0 aliphatic carbocycles. The number of unbranched alkanes of at least 4 members (excludes halogenated alkanes) is 1. The molecule has 0 bridgehead atoms. The normalized spacial score (nSPS) is 12.0. The summed E-state index contributed by atoms with van der Waals surface area (Å²) in [5.74, 6) is -0.417. The van der Waals surface area contributed by atoms with Crippen molar-refractivity contribution in [2.45, 2.75) is 52.2 Å². The molecule has 0 atom stereocenters. The first-order valence-electron chi connectivity index (χ1n) is 5.31. The Morgan fingerprint density at radius 2 is 1.62 bits per heavy atom. The van der Waals surface area contributed by atoms with Gasteiger partial charge in [-0.3, -0.25) is 0 Å². The van der Waals surface area contributed by atoms with Gasteiger partial charge in [-0.15, -0.1) is 0 Å². The summed E-state index contributed by atoms with van der Waals surface area (Å²) in [4.78, 5) is 0. The molecule has 1 radical (unpaired) electrons. The molecule has 0 fully saturated rings. The van der Waals surface area contributed by atoms with E-state index in [4.69, 9.17) is 9.47 Å². The SMILES string of the molecule is [CH2]CC(CCCC)(OCC)OCC. The molecule has 0 heterocycles. The number of hydrogen-bond donors (Lipinski definition) is 0. The van der Waals surface area contributed by atoms with Crippen molar-refractivity contribution >= 4 is 0 Å². The second-order valence-electron chi connectivity index (χ2n) is 3.13. The van der Waals surface area contributed by atoms with Gasteiger partial charge in [0, 0.05) is 26.1 Å². The largest absolute Gasteiger partial charge is 0.350 e. The first-order valence-corrected chi connectivity index (χ1v) is 5.31. The van der Waals surface area contributed by atoms with E-state index in [1.165, 1.54) is 6.42 Å². The van der Waals surface area contributed by atoms with Crippen molar-refractivity contribution in [3.63, 3.8) is 0 Å². The third-order valence-electron chi connectivity index (χ3n) is 2.11. The molecular weight excluding hydrogens is 164 g/mol. The quantitative estimate of drug-likeness (QED) is 0.543. The summed E-state index contributed by atoms with van der Waals surface area (Å²) < 4.78 is 11.3.